The highest BCUT2D eigenvalue weighted by molar-refractivity contribution is 6.91. The fourth-order valence-corrected chi connectivity index (χ4v) is 6.98. The zero-order valence-electron chi connectivity index (χ0n) is 12.2. The first-order valence-electron chi connectivity index (χ1n) is 7.67. The lowest BCUT2D eigenvalue weighted by Crippen LogP contribution is -2.46. The van der Waals surface area contributed by atoms with E-state index in [2.05, 4.69) is 38.7 Å². The molecule has 2 aliphatic rings. The largest absolute Gasteiger partial charge is 0.150 e. The van der Waals surface area contributed by atoms with E-state index in [0.717, 1.165) is 23.8 Å². The summed E-state index contributed by atoms with van der Waals surface area (Å²) in [5.41, 5.74) is 0.933. The molecule has 0 amide bonds. The maximum Gasteiger partial charge on any atom is 0.150 e. The van der Waals surface area contributed by atoms with E-state index in [-0.39, 0.29) is 0 Å². The van der Waals surface area contributed by atoms with Gasteiger partial charge in [-0.3, -0.25) is 0 Å². The topological polar surface area (TPSA) is 0 Å². The molecule has 0 aromatic carbocycles. The highest BCUT2D eigenvalue weighted by Gasteiger charge is 2.46. The van der Waals surface area contributed by atoms with Crippen LogP contribution in [0, 0.1) is 0 Å². The molecule has 0 N–H and O–H groups in total. The number of rotatable bonds is 3. The molecule has 2 saturated heterocycles. The lowest BCUT2D eigenvalue weighted by atomic mass is 9.25. The minimum absolute atomic E-state index is 0.933. The Balaban J connectivity index is 2.22. The van der Waals surface area contributed by atoms with Crippen molar-refractivity contribution >= 4 is 14.8 Å². The molecule has 1 atom stereocenters. The zero-order chi connectivity index (χ0) is 12.5. The summed E-state index contributed by atoms with van der Waals surface area (Å²) in [6, 6.07) is 0. The Morgan fingerprint density at radius 1 is 1.00 bits per heavy atom. The number of hydrogen-bond donors (Lipinski definition) is 0. The van der Waals surface area contributed by atoms with Gasteiger partial charge in [-0.1, -0.05) is 82.0 Å². The fourth-order valence-electron chi connectivity index (χ4n) is 4.52. The molecule has 2 rings (SSSR count). The maximum absolute atomic E-state index is 2.58. The van der Waals surface area contributed by atoms with Crippen LogP contribution in [-0.4, -0.2) is 14.8 Å². The molecular weight excluding hydrogens is 219 g/mol. The molecule has 1 unspecified atom stereocenters. The molecule has 0 spiro atoms. The average Bonchev–Trinajstić information content (AvgIpc) is 2.23. The molecule has 0 nitrogen and oxygen atoms in total. The van der Waals surface area contributed by atoms with Crippen molar-refractivity contribution in [1.29, 1.82) is 0 Å². The van der Waals surface area contributed by atoms with E-state index in [0.29, 0.717) is 0 Å². The third-order valence-corrected chi connectivity index (χ3v) is 7.78. The minimum Gasteiger partial charge on any atom is -0.0955 e. The van der Waals surface area contributed by atoms with Crippen LogP contribution in [0.4, 0.5) is 0 Å². The summed E-state index contributed by atoms with van der Waals surface area (Å²) in [6.07, 6.45) is 14.0. The third kappa shape index (κ3) is 2.89. The van der Waals surface area contributed by atoms with Gasteiger partial charge in [0.2, 0.25) is 0 Å². The first kappa shape index (κ1) is 13.5. The summed E-state index contributed by atoms with van der Waals surface area (Å²) in [4.78, 5) is 0. The normalized spacial score (nSPS) is 31.9. The van der Waals surface area contributed by atoms with Crippen LogP contribution < -0.4 is 0 Å². The van der Waals surface area contributed by atoms with Gasteiger partial charge in [-0.2, -0.15) is 0 Å². The first-order valence-corrected chi connectivity index (χ1v) is 11.2. The van der Waals surface area contributed by atoms with Gasteiger partial charge in [-0.15, -0.1) is 0 Å². The van der Waals surface area contributed by atoms with Gasteiger partial charge in [0.25, 0.3) is 0 Å². The molecule has 0 aliphatic carbocycles. The molecule has 2 heteroatoms. The molecule has 96 valence electrons. The Bertz CT molecular complexity index is 257. The molecule has 2 heterocycles. The second kappa shape index (κ2) is 5.34. The van der Waals surface area contributed by atoms with Gasteiger partial charge in [0.1, 0.15) is 0 Å². The molecule has 0 aromatic rings. The predicted molar refractivity (Wildman–Crippen MR) is 82.9 cm³/mol. The quantitative estimate of drug-likeness (QED) is 0.462. The van der Waals surface area contributed by atoms with Crippen molar-refractivity contribution in [2.75, 3.05) is 0 Å². The molecule has 2 aliphatic heterocycles. The number of fused-ring (bicyclic) bond motifs is 2. The van der Waals surface area contributed by atoms with Crippen LogP contribution in [-0.2, 0) is 0 Å². The second-order valence-electron chi connectivity index (χ2n) is 7.38. The molecule has 17 heavy (non-hydrogen) atoms. The summed E-state index contributed by atoms with van der Waals surface area (Å²) in [7, 11) is -1.05. The summed E-state index contributed by atoms with van der Waals surface area (Å²) in [5, 5.41) is 0. The summed E-state index contributed by atoms with van der Waals surface area (Å²) < 4.78 is 0. The van der Waals surface area contributed by atoms with E-state index in [4.69, 9.17) is 0 Å². The molecule has 0 aromatic heterocycles. The first-order chi connectivity index (χ1) is 8.04. The standard InChI is InChI=1S/C15H29BSi/c1-5-8-15(17(2,3)4)16-13-9-6-10-14(16)12-7-11-13/h5,8,13-15H,6-7,9-12H2,1-4H3. The van der Waals surface area contributed by atoms with Gasteiger partial charge in [-0.25, -0.2) is 0 Å². The van der Waals surface area contributed by atoms with Crippen LogP contribution in [0.1, 0.15) is 45.4 Å². The predicted octanol–water partition coefficient (Wildman–Crippen LogP) is 5.41. The summed E-state index contributed by atoms with van der Waals surface area (Å²) >= 11 is 0. The minimum atomic E-state index is -1.05. The SMILES string of the molecule is CC=CC(B1C2CCCC1CCC2)[Si](C)(C)C. The lowest BCUT2D eigenvalue weighted by Gasteiger charge is -2.47. The second-order valence-corrected chi connectivity index (χ2v) is 12.8. The Labute approximate surface area is 109 Å². The fraction of sp³-hybridized carbons (Fsp3) is 0.867. The van der Waals surface area contributed by atoms with Crippen LogP contribution in [0.5, 0.6) is 0 Å². The maximum atomic E-state index is 2.58. The smallest absolute Gasteiger partial charge is 0.0955 e. The van der Waals surface area contributed by atoms with Crippen LogP contribution in [0.2, 0.25) is 36.7 Å². The monoisotopic (exact) mass is 248 g/mol. The highest BCUT2D eigenvalue weighted by atomic mass is 28.3. The molecule has 2 fully saturated rings. The summed E-state index contributed by atoms with van der Waals surface area (Å²) in [6.45, 7) is 11.0. The van der Waals surface area contributed by atoms with Crippen molar-refractivity contribution in [3.63, 3.8) is 0 Å². The Morgan fingerprint density at radius 3 is 1.82 bits per heavy atom. The Hall–Kier alpha value is 0.0218. The highest BCUT2D eigenvalue weighted by Crippen LogP contribution is 2.52. The molecule has 2 bridgehead atoms. The Kier molecular flexibility index (Phi) is 4.23. The van der Waals surface area contributed by atoms with Crippen molar-refractivity contribution in [2.45, 2.75) is 82.2 Å². The zero-order valence-corrected chi connectivity index (χ0v) is 13.2. The van der Waals surface area contributed by atoms with Gasteiger partial charge >= 0.3 is 0 Å². The van der Waals surface area contributed by atoms with E-state index in [9.17, 15) is 0 Å². The summed E-state index contributed by atoms with van der Waals surface area (Å²) in [5.74, 6) is 2.13. The van der Waals surface area contributed by atoms with Crippen molar-refractivity contribution in [1.82, 2.24) is 0 Å². The van der Waals surface area contributed by atoms with Gasteiger partial charge in [-0.05, 0) is 12.4 Å². The van der Waals surface area contributed by atoms with Gasteiger partial charge in [0.05, 0.1) is 0 Å². The van der Waals surface area contributed by atoms with E-state index in [1.54, 1.807) is 0 Å². The van der Waals surface area contributed by atoms with Crippen molar-refractivity contribution in [3.8, 4) is 0 Å². The van der Waals surface area contributed by atoms with E-state index in [1.807, 2.05) is 0 Å². The van der Waals surface area contributed by atoms with Crippen LogP contribution in [0.3, 0.4) is 0 Å². The molecular formula is C15H29BSi. The Morgan fingerprint density at radius 2 is 1.47 bits per heavy atom. The van der Waals surface area contributed by atoms with E-state index >= 15 is 0 Å². The number of allylic oxidation sites excluding steroid dienone is 2. The van der Waals surface area contributed by atoms with Crippen molar-refractivity contribution in [2.24, 2.45) is 0 Å². The van der Waals surface area contributed by atoms with Crippen molar-refractivity contribution < 1.29 is 0 Å². The van der Waals surface area contributed by atoms with E-state index < -0.39 is 8.07 Å². The van der Waals surface area contributed by atoms with E-state index in [1.165, 1.54) is 38.5 Å². The lowest BCUT2D eigenvalue weighted by molar-refractivity contribution is 0.441. The van der Waals surface area contributed by atoms with Crippen LogP contribution in [0.15, 0.2) is 12.2 Å². The van der Waals surface area contributed by atoms with Gasteiger partial charge in [0, 0.05) is 8.07 Å². The molecule has 0 radical (unpaired) electrons. The third-order valence-electron chi connectivity index (χ3n) is 5.20. The number of hydrogen-bond acceptors (Lipinski definition) is 0. The van der Waals surface area contributed by atoms with Crippen LogP contribution in [0.25, 0.3) is 0 Å². The van der Waals surface area contributed by atoms with Gasteiger partial charge in [0.15, 0.2) is 6.71 Å². The molecule has 0 saturated carbocycles. The average molecular weight is 248 g/mol. The van der Waals surface area contributed by atoms with Gasteiger partial charge < -0.3 is 0 Å². The van der Waals surface area contributed by atoms with Crippen molar-refractivity contribution in [3.05, 3.63) is 12.2 Å². The van der Waals surface area contributed by atoms with Crippen LogP contribution >= 0.6 is 0 Å².